The first-order valence-electron chi connectivity index (χ1n) is 6.61. The molecule has 0 aliphatic carbocycles. The molecule has 0 saturated carbocycles. The number of nitrogens with one attached hydrogen (secondary N) is 1. The van der Waals surface area contributed by atoms with Crippen LogP contribution in [-0.2, 0) is 6.54 Å². The number of aryl methyl sites for hydroxylation is 1. The smallest absolute Gasteiger partial charge is 0.258 e. The molecule has 2 aromatic heterocycles. The molecule has 21 heavy (non-hydrogen) atoms. The van der Waals surface area contributed by atoms with E-state index < -0.39 is 0 Å². The molecule has 0 unspecified atom stereocenters. The minimum atomic E-state index is -0.0691. The third kappa shape index (κ3) is 2.97. The summed E-state index contributed by atoms with van der Waals surface area (Å²) >= 11 is 3.53. The van der Waals surface area contributed by atoms with E-state index in [-0.39, 0.29) is 5.56 Å². The number of nitrogens with zero attached hydrogens (tertiary/aromatic N) is 2. The van der Waals surface area contributed by atoms with Crippen LogP contribution in [0.2, 0.25) is 0 Å². The van der Waals surface area contributed by atoms with E-state index in [1.807, 2.05) is 43.3 Å². The molecule has 106 valence electrons. The largest absolute Gasteiger partial charge is 0.378 e. The van der Waals surface area contributed by atoms with E-state index >= 15 is 0 Å². The Hall–Kier alpha value is -2.14. The predicted molar refractivity (Wildman–Crippen MR) is 87.7 cm³/mol. The van der Waals surface area contributed by atoms with Crippen LogP contribution < -0.4 is 10.9 Å². The minimum Gasteiger partial charge on any atom is -0.378 e. The number of anilines is 1. The summed E-state index contributed by atoms with van der Waals surface area (Å²) in [7, 11) is 0. The van der Waals surface area contributed by atoms with Crippen LogP contribution in [0.4, 0.5) is 5.69 Å². The fourth-order valence-electron chi connectivity index (χ4n) is 2.14. The molecule has 1 aromatic carbocycles. The van der Waals surface area contributed by atoms with Crippen molar-refractivity contribution >= 4 is 27.3 Å². The second-order valence-corrected chi connectivity index (χ2v) is 5.71. The van der Waals surface area contributed by atoms with Gasteiger partial charge < -0.3 is 5.32 Å². The molecule has 0 fully saturated rings. The number of aromatic nitrogens is 2. The Morgan fingerprint density at radius 2 is 2.10 bits per heavy atom. The van der Waals surface area contributed by atoms with Crippen LogP contribution in [0.15, 0.2) is 57.9 Å². The van der Waals surface area contributed by atoms with Gasteiger partial charge in [0.1, 0.15) is 5.65 Å². The average Bonchev–Trinajstić information content (AvgIpc) is 2.46. The molecule has 0 atom stereocenters. The lowest BCUT2D eigenvalue weighted by atomic mass is 10.2. The monoisotopic (exact) mass is 343 g/mol. The molecule has 3 rings (SSSR count). The second kappa shape index (κ2) is 5.69. The minimum absolute atomic E-state index is 0.0691. The molecule has 0 saturated heterocycles. The molecule has 0 aliphatic heterocycles. The summed E-state index contributed by atoms with van der Waals surface area (Å²) in [5.41, 5.74) is 3.48. The lowest BCUT2D eigenvalue weighted by Crippen LogP contribution is -2.16. The van der Waals surface area contributed by atoms with Gasteiger partial charge in [-0.25, -0.2) is 4.98 Å². The molecular formula is C16H14BrN3O. The van der Waals surface area contributed by atoms with E-state index in [0.717, 1.165) is 15.9 Å². The molecular weight excluding hydrogens is 330 g/mol. The van der Waals surface area contributed by atoms with Crippen LogP contribution in [0.3, 0.4) is 0 Å². The Bertz CT molecular complexity index is 858. The van der Waals surface area contributed by atoms with Crippen molar-refractivity contribution in [3.05, 3.63) is 74.7 Å². The molecule has 2 heterocycles. The molecule has 0 aliphatic rings. The fraction of sp³-hybridized carbons (Fsp3) is 0.125. The molecule has 0 radical (unpaired) electrons. The van der Waals surface area contributed by atoms with Crippen molar-refractivity contribution in [1.82, 2.24) is 9.38 Å². The van der Waals surface area contributed by atoms with Crippen LogP contribution in [-0.4, -0.2) is 9.38 Å². The molecule has 0 amide bonds. The third-order valence-electron chi connectivity index (χ3n) is 3.21. The Balaban J connectivity index is 1.87. The summed E-state index contributed by atoms with van der Waals surface area (Å²) in [5.74, 6) is 0. The summed E-state index contributed by atoms with van der Waals surface area (Å²) in [6.07, 6.45) is 1.72. The van der Waals surface area contributed by atoms with Crippen LogP contribution in [0.1, 0.15) is 11.3 Å². The van der Waals surface area contributed by atoms with Gasteiger partial charge in [-0.05, 0) is 52.7 Å². The summed E-state index contributed by atoms with van der Waals surface area (Å²) in [6, 6.07) is 13.2. The number of halogens is 1. The normalized spacial score (nSPS) is 10.8. The van der Waals surface area contributed by atoms with Crippen molar-refractivity contribution < 1.29 is 0 Å². The van der Waals surface area contributed by atoms with Crippen molar-refractivity contribution in [2.45, 2.75) is 13.5 Å². The van der Waals surface area contributed by atoms with Gasteiger partial charge in [-0.2, -0.15) is 0 Å². The first-order chi connectivity index (χ1) is 10.1. The third-order valence-corrected chi connectivity index (χ3v) is 3.86. The van der Waals surface area contributed by atoms with E-state index in [4.69, 9.17) is 0 Å². The maximum Gasteiger partial charge on any atom is 0.258 e. The predicted octanol–water partition coefficient (Wildman–Crippen LogP) is 3.38. The number of rotatable bonds is 3. The van der Waals surface area contributed by atoms with E-state index in [2.05, 4.69) is 26.2 Å². The lowest BCUT2D eigenvalue weighted by Gasteiger charge is -2.09. The van der Waals surface area contributed by atoms with Gasteiger partial charge in [0, 0.05) is 22.4 Å². The molecule has 4 nitrogen and oxygen atoms in total. The van der Waals surface area contributed by atoms with E-state index in [0.29, 0.717) is 12.2 Å². The van der Waals surface area contributed by atoms with Crippen molar-refractivity contribution in [3.63, 3.8) is 0 Å². The number of hydrogen-bond donors (Lipinski definition) is 1. The number of fused-ring (bicyclic) bond motifs is 1. The van der Waals surface area contributed by atoms with Crippen LogP contribution in [0.5, 0.6) is 0 Å². The van der Waals surface area contributed by atoms with E-state index in [1.165, 1.54) is 9.96 Å². The lowest BCUT2D eigenvalue weighted by molar-refractivity contribution is 0.971. The topological polar surface area (TPSA) is 46.4 Å². The Labute approximate surface area is 130 Å². The summed E-state index contributed by atoms with van der Waals surface area (Å²) in [6.45, 7) is 2.54. The Kier molecular flexibility index (Phi) is 3.75. The fourth-order valence-corrected chi connectivity index (χ4v) is 2.78. The van der Waals surface area contributed by atoms with Crippen molar-refractivity contribution in [3.8, 4) is 0 Å². The highest BCUT2D eigenvalue weighted by Crippen LogP contribution is 2.23. The van der Waals surface area contributed by atoms with E-state index in [1.54, 1.807) is 12.3 Å². The van der Waals surface area contributed by atoms with Gasteiger partial charge in [0.05, 0.1) is 12.2 Å². The van der Waals surface area contributed by atoms with Gasteiger partial charge in [-0.3, -0.25) is 9.20 Å². The maximum atomic E-state index is 12.0. The quantitative estimate of drug-likeness (QED) is 0.792. The van der Waals surface area contributed by atoms with Crippen LogP contribution in [0.25, 0.3) is 5.65 Å². The van der Waals surface area contributed by atoms with Gasteiger partial charge >= 0.3 is 0 Å². The molecule has 0 spiro atoms. The molecule has 0 bridgehead atoms. The van der Waals surface area contributed by atoms with Crippen molar-refractivity contribution in [2.75, 3.05) is 5.32 Å². The zero-order chi connectivity index (χ0) is 14.8. The zero-order valence-corrected chi connectivity index (χ0v) is 13.1. The number of pyridine rings is 1. The second-order valence-electron chi connectivity index (χ2n) is 4.85. The molecule has 5 heteroatoms. The van der Waals surface area contributed by atoms with Crippen LogP contribution in [0, 0.1) is 6.92 Å². The average molecular weight is 344 g/mol. The first-order valence-corrected chi connectivity index (χ1v) is 7.40. The first kappa shape index (κ1) is 13.8. The highest BCUT2D eigenvalue weighted by Gasteiger charge is 2.03. The van der Waals surface area contributed by atoms with Crippen LogP contribution >= 0.6 is 15.9 Å². The molecule has 1 N–H and O–H groups in total. The standard InChI is InChI=1S/C16H14BrN3O/c1-11-5-6-14(13(17)8-11)18-10-12-9-16(21)20-7-3-2-4-15(20)19-12/h2-9,18H,10H2,1H3. The van der Waals surface area contributed by atoms with Crippen molar-refractivity contribution in [2.24, 2.45) is 0 Å². The Morgan fingerprint density at radius 3 is 2.90 bits per heavy atom. The van der Waals surface area contributed by atoms with E-state index in [9.17, 15) is 4.79 Å². The van der Waals surface area contributed by atoms with Gasteiger partial charge in [0.15, 0.2) is 0 Å². The summed E-state index contributed by atoms with van der Waals surface area (Å²) < 4.78 is 2.53. The number of benzene rings is 1. The SMILES string of the molecule is Cc1ccc(NCc2cc(=O)n3ccccc3n2)c(Br)c1. The highest BCUT2D eigenvalue weighted by atomic mass is 79.9. The molecule has 3 aromatic rings. The van der Waals surface area contributed by atoms with Crippen molar-refractivity contribution in [1.29, 1.82) is 0 Å². The van der Waals surface area contributed by atoms with Gasteiger partial charge in [-0.1, -0.05) is 12.1 Å². The zero-order valence-electron chi connectivity index (χ0n) is 11.5. The Morgan fingerprint density at radius 1 is 1.24 bits per heavy atom. The highest BCUT2D eigenvalue weighted by molar-refractivity contribution is 9.10. The van der Waals surface area contributed by atoms with Gasteiger partial charge in [-0.15, -0.1) is 0 Å². The van der Waals surface area contributed by atoms with Gasteiger partial charge in [0.2, 0.25) is 0 Å². The maximum absolute atomic E-state index is 12.0. The number of hydrogen-bond acceptors (Lipinski definition) is 3. The van der Waals surface area contributed by atoms with Gasteiger partial charge in [0.25, 0.3) is 5.56 Å². The summed E-state index contributed by atoms with van der Waals surface area (Å²) in [5, 5.41) is 3.29. The summed E-state index contributed by atoms with van der Waals surface area (Å²) in [4.78, 5) is 16.5.